The van der Waals surface area contributed by atoms with Gasteiger partial charge in [-0.3, -0.25) is 0 Å². The first-order valence-electron chi connectivity index (χ1n) is 6.00. The van der Waals surface area contributed by atoms with Crippen molar-refractivity contribution in [3.05, 3.63) is 0 Å². The Morgan fingerprint density at radius 1 is 0.714 bits per heavy atom. The van der Waals surface area contributed by atoms with Crippen molar-refractivity contribution < 1.29 is 0 Å². The summed E-state index contributed by atoms with van der Waals surface area (Å²) in [6.45, 7) is 14.3. The zero-order chi connectivity index (χ0) is 11.1. The molecule has 0 rings (SSSR count). The van der Waals surface area contributed by atoms with E-state index in [1.54, 1.807) is 0 Å². The molecule has 0 fully saturated rings. The van der Waals surface area contributed by atoms with E-state index in [9.17, 15) is 0 Å². The normalized spacial score (nSPS) is 16.3. The summed E-state index contributed by atoms with van der Waals surface area (Å²) in [5.41, 5.74) is 1.88. The second-order valence-electron chi connectivity index (χ2n) is 4.44. The molecule has 0 aliphatic carbocycles. The predicted molar refractivity (Wildman–Crippen MR) is 74.9 cm³/mol. The van der Waals surface area contributed by atoms with Gasteiger partial charge in [0, 0.05) is 0 Å². The van der Waals surface area contributed by atoms with Crippen LogP contribution in [0.5, 0.6) is 0 Å². The molecule has 86 valence electrons. The third-order valence-corrected chi connectivity index (χ3v) is 9.44. The van der Waals surface area contributed by atoms with Crippen molar-refractivity contribution in [2.75, 3.05) is 24.6 Å². The zero-order valence-corrected chi connectivity index (χ0v) is 12.7. The zero-order valence-electron chi connectivity index (χ0n) is 10.9. The summed E-state index contributed by atoms with van der Waals surface area (Å²) < 4.78 is 0. The lowest BCUT2D eigenvalue weighted by atomic mass is 10.6. The Labute approximate surface area is 93.8 Å². The summed E-state index contributed by atoms with van der Waals surface area (Å²) in [5, 5.41) is 0. The van der Waals surface area contributed by atoms with Gasteiger partial charge in [-0.2, -0.15) is 0 Å². The van der Waals surface area contributed by atoms with Crippen LogP contribution in [-0.4, -0.2) is 36.0 Å². The molecule has 0 amide bonds. The largest absolute Gasteiger partial charge is 0.104 e. The quantitative estimate of drug-likeness (QED) is 0.555. The minimum Gasteiger partial charge on any atom is -0.104 e. The molecule has 0 heterocycles. The van der Waals surface area contributed by atoms with Crippen molar-refractivity contribution >= 4 is 15.8 Å². The van der Waals surface area contributed by atoms with Crippen molar-refractivity contribution in [3.8, 4) is 0 Å². The molecule has 2 unspecified atom stereocenters. The van der Waals surface area contributed by atoms with E-state index in [1.165, 1.54) is 24.6 Å². The van der Waals surface area contributed by atoms with Gasteiger partial charge < -0.3 is 0 Å². The van der Waals surface area contributed by atoms with Gasteiger partial charge in [0.2, 0.25) is 0 Å². The van der Waals surface area contributed by atoms with Gasteiger partial charge in [0.05, 0.1) is 0 Å². The van der Waals surface area contributed by atoms with Crippen molar-refractivity contribution in [3.63, 3.8) is 0 Å². The van der Waals surface area contributed by atoms with E-state index in [0.29, 0.717) is 15.8 Å². The van der Waals surface area contributed by atoms with E-state index in [1.807, 2.05) is 0 Å². The van der Waals surface area contributed by atoms with Gasteiger partial charge in [0.15, 0.2) is 0 Å². The Hall–Kier alpha value is 0.860. The molecule has 0 aromatic rings. The van der Waals surface area contributed by atoms with Gasteiger partial charge in [-0.25, -0.2) is 0 Å². The fourth-order valence-electron chi connectivity index (χ4n) is 1.82. The molecule has 0 N–H and O–H groups in total. The summed E-state index contributed by atoms with van der Waals surface area (Å²) in [4.78, 5) is 0. The minimum absolute atomic E-state index is 0.336. The van der Waals surface area contributed by atoms with Crippen LogP contribution in [0.25, 0.3) is 0 Å². The minimum atomic E-state index is 0.336. The number of rotatable bonds is 7. The standard InChI is InChI=1S/C12H28P2/c1-7-13(11(3)4)9-10-14(8-2)12(5)6/h11-12H,7-10H2,1-6H3. The van der Waals surface area contributed by atoms with E-state index in [2.05, 4.69) is 41.5 Å². The first kappa shape index (κ1) is 14.9. The predicted octanol–water partition coefficient (Wildman–Crippen LogP) is 4.81. The van der Waals surface area contributed by atoms with Crippen molar-refractivity contribution in [1.82, 2.24) is 0 Å². The van der Waals surface area contributed by atoms with Crippen molar-refractivity contribution in [2.24, 2.45) is 0 Å². The van der Waals surface area contributed by atoms with Crippen molar-refractivity contribution in [2.45, 2.75) is 52.9 Å². The van der Waals surface area contributed by atoms with E-state index in [-0.39, 0.29) is 0 Å². The molecule has 2 atom stereocenters. The van der Waals surface area contributed by atoms with Gasteiger partial charge in [-0.05, 0) is 36.0 Å². The molecule has 0 aromatic carbocycles. The van der Waals surface area contributed by atoms with Crippen LogP contribution in [0.15, 0.2) is 0 Å². The molecule has 0 spiro atoms. The Morgan fingerprint density at radius 2 is 1.00 bits per heavy atom. The van der Waals surface area contributed by atoms with E-state index in [4.69, 9.17) is 0 Å². The molecule has 0 saturated carbocycles. The van der Waals surface area contributed by atoms with E-state index >= 15 is 0 Å². The molecule has 0 aromatic heterocycles. The molecule has 0 saturated heterocycles. The fourth-order valence-corrected chi connectivity index (χ4v) is 7.00. The SMILES string of the molecule is CCP(CCP(CC)C(C)C)C(C)C. The molecule has 0 radical (unpaired) electrons. The van der Waals surface area contributed by atoms with Gasteiger partial charge in [-0.15, -0.1) is 15.8 Å². The summed E-state index contributed by atoms with van der Waals surface area (Å²) in [7, 11) is 0.672. The smallest absolute Gasteiger partial charge is 0.0266 e. The van der Waals surface area contributed by atoms with Crippen LogP contribution in [0.1, 0.15) is 41.5 Å². The van der Waals surface area contributed by atoms with Crippen molar-refractivity contribution in [1.29, 1.82) is 0 Å². The second-order valence-corrected chi connectivity index (χ2v) is 11.0. The van der Waals surface area contributed by atoms with E-state index in [0.717, 1.165) is 11.3 Å². The lowest BCUT2D eigenvalue weighted by Gasteiger charge is -2.25. The summed E-state index contributed by atoms with van der Waals surface area (Å²) in [5.74, 6) is 0. The first-order chi connectivity index (χ1) is 6.52. The van der Waals surface area contributed by atoms with Crippen LogP contribution in [0, 0.1) is 0 Å². The maximum atomic E-state index is 2.40. The average molecular weight is 234 g/mol. The molecule has 0 bridgehead atoms. The summed E-state index contributed by atoms with van der Waals surface area (Å²) >= 11 is 0. The van der Waals surface area contributed by atoms with E-state index < -0.39 is 0 Å². The molecule has 0 nitrogen and oxygen atoms in total. The summed E-state index contributed by atoms with van der Waals surface area (Å²) in [6, 6.07) is 0. The lowest BCUT2D eigenvalue weighted by Crippen LogP contribution is -2.06. The number of hydrogen-bond donors (Lipinski definition) is 0. The molecule has 0 aliphatic heterocycles. The van der Waals surface area contributed by atoms with Crippen LogP contribution in [0.4, 0.5) is 0 Å². The molecule has 14 heavy (non-hydrogen) atoms. The topological polar surface area (TPSA) is 0 Å². The highest BCUT2D eigenvalue weighted by atomic mass is 31.1. The Balaban J connectivity index is 3.88. The van der Waals surface area contributed by atoms with Crippen LogP contribution >= 0.6 is 15.8 Å². The van der Waals surface area contributed by atoms with Gasteiger partial charge in [0.1, 0.15) is 0 Å². The van der Waals surface area contributed by atoms with Gasteiger partial charge >= 0.3 is 0 Å². The van der Waals surface area contributed by atoms with Gasteiger partial charge in [0.25, 0.3) is 0 Å². The summed E-state index contributed by atoms with van der Waals surface area (Å²) in [6.07, 6.45) is 5.92. The highest BCUT2D eigenvalue weighted by Crippen LogP contribution is 2.47. The first-order valence-corrected chi connectivity index (χ1v) is 9.57. The Bertz CT molecular complexity index is 116. The van der Waals surface area contributed by atoms with Gasteiger partial charge in [-0.1, -0.05) is 41.5 Å². The fraction of sp³-hybridized carbons (Fsp3) is 1.00. The average Bonchev–Trinajstić information content (AvgIpc) is 2.11. The maximum absolute atomic E-state index is 2.40. The molecular formula is C12H28P2. The highest BCUT2D eigenvalue weighted by molar-refractivity contribution is 7.62. The van der Waals surface area contributed by atoms with Crippen LogP contribution in [-0.2, 0) is 0 Å². The highest BCUT2D eigenvalue weighted by Gasteiger charge is 2.14. The molecular weight excluding hydrogens is 206 g/mol. The third-order valence-electron chi connectivity index (χ3n) is 2.95. The second kappa shape index (κ2) is 8.06. The molecule has 0 aliphatic rings. The van der Waals surface area contributed by atoms with Crippen LogP contribution < -0.4 is 0 Å². The maximum Gasteiger partial charge on any atom is -0.0266 e. The number of hydrogen-bond acceptors (Lipinski definition) is 0. The lowest BCUT2D eigenvalue weighted by molar-refractivity contribution is 1.06. The third kappa shape index (κ3) is 5.67. The Kier molecular flexibility index (Phi) is 8.56. The van der Waals surface area contributed by atoms with Crippen LogP contribution in [0.3, 0.4) is 0 Å². The van der Waals surface area contributed by atoms with Crippen LogP contribution in [0.2, 0.25) is 0 Å². The monoisotopic (exact) mass is 234 g/mol. The Morgan fingerprint density at radius 3 is 1.14 bits per heavy atom. The molecule has 2 heteroatoms.